The lowest BCUT2D eigenvalue weighted by atomic mass is 9.95. The summed E-state index contributed by atoms with van der Waals surface area (Å²) in [4.78, 5) is 16.3. The molecule has 5 aromatic rings. The van der Waals surface area contributed by atoms with Crippen molar-refractivity contribution in [1.29, 1.82) is 0 Å². The highest BCUT2D eigenvalue weighted by atomic mass is 16.1. The largest absolute Gasteiger partial charge is 0.360 e. The molecule has 1 amide bonds. The van der Waals surface area contributed by atoms with Gasteiger partial charge in [0.05, 0.1) is 12.7 Å². The summed E-state index contributed by atoms with van der Waals surface area (Å²) in [5.74, 6) is -0.0902. The van der Waals surface area contributed by atoms with Crippen LogP contribution in [-0.2, 0) is 6.54 Å². The number of carbonyl (C=O) groups is 1. The fourth-order valence-electron chi connectivity index (χ4n) is 4.00. The van der Waals surface area contributed by atoms with E-state index in [0.717, 1.165) is 27.4 Å². The molecule has 0 radical (unpaired) electrons. The summed E-state index contributed by atoms with van der Waals surface area (Å²) in [6.45, 7) is 3.17. The molecule has 0 unspecified atom stereocenters. The van der Waals surface area contributed by atoms with Crippen LogP contribution < -0.4 is 5.32 Å². The van der Waals surface area contributed by atoms with Gasteiger partial charge in [-0.2, -0.15) is 0 Å². The molecule has 30 heavy (non-hydrogen) atoms. The van der Waals surface area contributed by atoms with Crippen molar-refractivity contribution in [2.75, 3.05) is 6.54 Å². The van der Waals surface area contributed by atoms with Gasteiger partial charge in [-0.1, -0.05) is 53.7 Å². The van der Waals surface area contributed by atoms with E-state index in [2.05, 4.69) is 64.1 Å². The zero-order chi connectivity index (χ0) is 20.5. The average Bonchev–Trinajstić information content (AvgIpc) is 3.43. The highest BCUT2D eigenvalue weighted by molar-refractivity contribution is 6.12. The van der Waals surface area contributed by atoms with Gasteiger partial charge in [-0.25, -0.2) is 0 Å². The first-order chi connectivity index (χ1) is 14.7. The monoisotopic (exact) mass is 395 g/mol. The van der Waals surface area contributed by atoms with E-state index < -0.39 is 0 Å². The lowest BCUT2D eigenvalue weighted by molar-refractivity contribution is 0.0953. The van der Waals surface area contributed by atoms with Gasteiger partial charge in [0.2, 0.25) is 0 Å². The summed E-state index contributed by atoms with van der Waals surface area (Å²) in [5.41, 5.74) is 5.28. The van der Waals surface area contributed by atoms with E-state index in [1.165, 1.54) is 10.9 Å². The average molecular weight is 395 g/mol. The third kappa shape index (κ3) is 3.12. The van der Waals surface area contributed by atoms with Gasteiger partial charge in [-0.15, -0.1) is 5.10 Å². The van der Waals surface area contributed by atoms with Crippen LogP contribution in [0.5, 0.6) is 0 Å². The van der Waals surface area contributed by atoms with Crippen LogP contribution in [0.25, 0.3) is 32.8 Å². The first kappa shape index (κ1) is 18.1. The molecule has 0 saturated heterocycles. The topological polar surface area (TPSA) is 75.6 Å². The van der Waals surface area contributed by atoms with Crippen molar-refractivity contribution in [3.63, 3.8) is 0 Å². The summed E-state index contributed by atoms with van der Waals surface area (Å²) in [6, 6.07) is 18.3. The standard InChI is InChI=1S/C24H21N5O/c1-16-5-2-9-20-22(15-26-23(16)20)19-8-3-7-18-17(19)6-4-10-21(18)24(30)25-11-13-29-14-12-27-28-29/h2-10,12,14-15,26H,11,13H2,1H3,(H,25,30). The SMILES string of the molecule is Cc1cccc2c(-c3cccc4c(C(=O)NCCn5ccnn5)cccc34)c[nH]c12. The zero-order valence-corrected chi connectivity index (χ0v) is 16.6. The number of aromatic nitrogens is 4. The Hall–Kier alpha value is -3.93. The molecule has 6 nitrogen and oxygen atoms in total. The van der Waals surface area contributed by atoms with Crippen molar-refractivity contribution >= 4 is 27.6 Å². The molecule has 6 heteroatoms. The van der Waals surface area contributed by atoms with Gasteiger partial charge in [0.1, 0.15) is 0 Å². The van der Waals surface area contributed by atoms with Crippen molar-refractivity contribution in [3.05, 3.63) is 84.3 Å². The van der Waals surface area contributed by atoms with Crippen LogP contribution in [0.2, 0.25) is 0 Å². The summed E-state index contributed by atoms with van der Waals surface area (Å²) < 4.78 is 1.69. The fraction of sp³-hybridized carbons (Fsp3) is 0.125. The maximum Gasteiger partial charge on any atom is 0.251 e. The lowest BCUT2D eigenvalue weighted by Gasteiger charge is -2.11. The molecule has 2 aromatic heterocycles. The number of nitrogens with zero attached hydrogens (tertiary/aromatic N) is 3. The van der Waals surface area contributed by atoms with Gasteiger partial charge in [-0.05, 0) is 34.9 Å². The van der Waals surface area contributed by atoms with E-state index in [1.54, 1.807) is 17.1 Å². The van der Waals surface area contributed by atoms with Gasteiger partial charge in [-0.3, -0.25) is 9.48 Å². The number of hydrogen-bond acceptors (Lipinski definition) is 3. The maximum atomic E-state index is 12.9. The Labute approximate surface area is 173 Å². The molecule has 0 saturated carbocycles. The smallest absolute Gasteiger partial charge is 0.251 e. The number of hydrogen-bond donors (Lipinski definition) is 2. The number of aromatic amines is 1. The first-order valence-electron chi connectivity index (χ1n) is 9.93. The number of carbonyl (C=O) groups excluding carboxylic acids is 1. The van der Waals surface area contributed by atoms with Crippen LogP contribution in [0, 0.1) is 6.92 Å². The Balaban J connectivity index is 1.51. The van der Waals surface area contributed by atoms with Crippen molar-refractivity contribution in [2.24, 2.45) is 0 Å². The molecular formula is C24H21N5O. The van der Waals surface area contributed by atoms with Gasteiger partial charge in [0, 0.05) is 41.0 Å². The molecule has 5 rings (SSSR count). The van der Waals surface area contributed by atoms with Gasteiger partial charge >= 0.3 is 0 Å². The summed E-state index contributed by atoms with van der Waals surface area (Å²) in [5, 5.41) is 13.9. The number of nitrogens with one attached hydrogen (secondary N) is 2. The van der Waals surface area contributed by atoms with Crippen molar-refractivity contribution in [2.45, 2.75) is 13.5 Å². The minimum Gasteiger partial charge on any atom is -0.360 e. The van der Waals surface area contributed by atoms with Crippen LogP contribution in [0.3, 0.4) is 0 Å². The number of para-hydroxylation sites is 1. The molecule has 3 aromatic carbocycles. The van der Waals surface area contributed by atoms with Crippen LogP contribution in [0.15, 0.2) is 73.2 Å². The molecule has 0 bridgehead atoms. The number of aryl methyl sites for hydroxylation is 1. The minimum absolute atomic E-state index is 0.0902. The number of fused-ring (bicyclic) bond motifs is 2. The molecule has 0 aliphatic heterocycles. The van der Waals surface area contributed by atoms with E-state index in [9.17, 15) is 4.79 Å². The van der Waals surface area contributed by atoms with E-state index >= 15 is 0 Å². The lowest BCUT2D eigenvalue weighted by Crippen LogP contribution is -2.27. The van der Waals surface area contributed by atoms with E-state index in [0.29, 0.717) is 18.7 Å². The Morgan fingerprint density at radius 3 is 2.67 bits per heavy atom. The molecule has 0 spiro atoms. The molecule has 0 aliphatic carbocycles. The second-order valence-electron chi connectivity index (χ2n) is 7.33. The highest BCUT2D eigenvalue weighted by Crippen LogP contribution is 2.35. The molecule has 2 N–H and O–H groups in total. The predicted molar refractivity (Wildman–Crippen MR) is 118 cm³/mol. The highest BCUT2D eigenvalue weighted by Gasteiger charge is 2.14. The molecule has 148 valence electrons. The Morgan fingerprint density at radius 1 is 1.00 bits per heavy atom. The van der Waals surface area contributed by atoms with Gasteiger partial charge in [0.25, 0.3) is 5.91 Å². The van der Waals surface area contributed by atoms with Crippen LogP contribution in [0.1, 0.15) is 15.9 Å². The van der Waals surface area contributed by atoms with E-state index in [1.807, 2.05) is 24.3 Å². The van der Waals surface area contributed by atoms with Crippen molar-refractivity contribution in [1.82, 2.24) is 25.3 Å². The van der Waals surface area contributed by atoms with Gasteiger partial charge in [0.15, 0.2) is 0 Å². The number of rotatable bonds is 5. The number of benzene rings is 3. The quantitative estimate of drug-likeness (QED) is 0.465. The van der Waals surface area contributed by atoms with E-state index in [-0.39, 0.29) is 5.91 Å². The first-order valence-corrected chi connectivity index (χ1v) is 9.93. The van der Waals surface area contributed by atoms with Crippen LogP contribution >= 0.6 is 0 Å². The van der Waals surface area contributed by atoms with Crippen molar-refractivity contribution < 1.29 is 4.79 Å². The van der Waals surface area contributed by atoms with Gasteiger partial charge < -0.3 is 10.3 Å². The van der Waals surface area contributed by atoms with Crippen molar-refractivity contribution in [3.8, 4) is 11.1 Å². The second-order valence-corrected chi connectivity index (χ2v) is 7.33. The maximum absolute atomic E-state index is 12.9. The summed E-state index contributed by atoms with van der Waals surface area (Å²) in [7, 11) is 0. The summed E-state index contributed by atoms with van der Waals surface area (Å²) >= 11 is 0. The molecule has 2 heterocycles. The Morgan fingerprint density at radius 2 is 1.80 bits per heavy atom. The predicted octanol–water partition coefficient (Wildman–Crippen LogP) is 4.32. The normalized spacial score (nSPS) is 11.2. The second kappa shape index (κ2) is 7.48. The fourth-order valence-corrected chi connectivity index (χ4v) is 4.00. The molecular weight excluding hydrogens is 374 g/mol. The Bertz CT molecular complexity index is 1350. The summed E-state index contributed by atoms with van der Waals surface area (Å²) in [6.07, 6.45) is 5.46. The molecule has 0 atom stereocenters. The number of H-pyrrole nitrogens is 1. The molecule has 0 fully saturated rings. The van der Waals surface area contributed by atoms with E-state index in [4.69, 9.17) is 0 Å². The molecule has 0 aliphatic rings. The number of amides is 1. The Kier molecular flexibility index (Phi) is 4.52. The third-order valence-electron chi connectivity index (χ3n) is 5.48. The zero-order valence-electron chi connectivity index (χ0n) is 16.6. The third-order valence-corrected chi connectivity index (χ3v) is 5.48. The minimum atomic E-state index is -0.0902. The van der Waals surface area contributed by atoms with Crippen LogP contribution in [0.4, 0.5) is 0 Å². The van der Waals surface area contributed by atoms with Crippen LogP contribution in [-0.4, -0.2) is 32.4 Å².